The van der Waals surface area contributed by atoms with Gasteiger partial charge in [0, 0.05) is 24.9 Å². The van der Waals surface area contributed by atoms with Gasteiger partial charge in [-0.2, -0.15) is 0 Å². The second-order valence-corrected chi connectivity index (χ2v) is 4.21. The van der Waals surface area contributed by atoms with Crippen molar-refractivity contribution in [2.45, 2.75) is 65.5 Å². The molecule has 0 saturated heterocycles. The van der Waals surface area contributed by atoms with E-state index < -0.39 is 0 Å². The highest BCUT2D eigenvalue weighted by molar-refractivity contribution is 5.77. The SMILES string of the molecule is CCCC(=O)N[C@H](C)[C@@H](C)NC(=O)CCC. The molecule has 0 spiro atoms. The summed E-state index contributed by atoms with van der Waals surface area (Å²) in [5.74, 6) is 0.0955. The van der Waals surface area contributed by atoms with Crippen LogP contribution in [0.3, 0.4) is 0 Å². The lowest BCUT2D eigenvalue weighted by atomic mass is 10.1. The second kappa shape index (κ2) is 8.13. The molecule has 0 aromatic heterocycles. The Labute approximate surface area is 98.2 Å². The van der Waals surface area contributed by atoms with Crippen LogP contribution < -0.4 is 10.6 Å². The van der Waals surface area contributed by atoms with E-state index in [4.69, 9.17) is 0 Å². The molecule has 0 aliphatic carbocycles. The van der Waals surface area contributed by atoms with E-state index in [1.54, 1.807) is 0 Å². The molecule has 0 fully saturated rings. The molecule has 0 aromatic carbocycles. The topological polar surface area (TPSA) is 58.2 Å². The lowest BCUT2D eigenvalue weighted by Crippen LogP contribution is -2.48. The smallest absolute Gasteiger partial charge is 0.220 e. The van der Waals surface area contributed by atoms with Gasteiger partial charge < -0.3 is 10.6 Å². The van der Waals surface area contributed by atoms with Crippen LogP contribution in [0.1, 0.15) is 53.4 Å². The summed E-state index contributed by atoms with van der Waals surface area (Å²) in [6, 6.07) is -0.0558. The molecule has 2 atom stereocenters. The molecule has 0 aliphatic rings. The van der Waals surface area contributed by atoms with E-state index in [0.29, 0.717) is 12.8 Å². The molecule has 2 amide bonds. The van der Waals surface area contributed by atoms with Gasteiger partial charge in [0.25, 0.3) is 0 Å². The Hall–Kier alpha value is -1.06. The Bertz CT molecular complexity index is 205. The zero-order valence-electron chi connectivity index (χ0n) is 10.8. The van der Waals surface area contributed by atoms with Gasteiger partial charge in [-0.3, -0.25) is 9.59 Å². The van der Waals surface area contributed by atoms with Crippen molar-refractivity contribution in [3.8, 4) is 0 Å². The predicted molar refractivity (Wildman–Crippen MR) is 65.0 cm³/mol. The van der Waals surface area contributed by atoms with Crippen LogP contribution in [0.5, 0.6) is 0 Å². The highest BCUT2D eigenvalue weighted by Crippen LogP contribution is 1.96. The maximum atomic E-state index is 11.3. The largest absolute Gasteiger partial charge is 0.352 e. The average Bonchev–Trinajstić information content (AvgIpc) is 2.17. The molecule has 0 rings (SSSR count). The van der Waals surface area contributed by atoms with Gasteiger partial charge in [0.1, 0.15) is 0 Å². The first kappa shape index (κ1) is 14.9. The Kier molecular flexibility index (Phi) is 7.60. The Morgan fingerprint density at radius 2 is 1.19 bits per heavy atom. The average molecular weight is 228 g/mol. The Balaban J connectivity index is 3.93. The van der Waals surface area contributed by atoms with Crippen LogP contribution in [0.4, 0.5) is 0 Å². The third kappa shape index (κ3) is 6.43. The third-order valence-corrected chi connectivity index (χ3v) is 2.48. The molecular weight excluding hydrogens is 204 g/mol. The number of hydrogen-bond acceptors (Lipinski definition) is 2. The standard InChI is InChI=1S/C12H24N2O2/c1-5-7-11(15)13-9(3)10(4)14-12(16)8-6-2/h9-10H,5-8H2,1-4H3,(H,13,15)(H,14,16)/t9-,10-/m1/s1. The van der Waals surface area contributed by atoms with Crippen LogP contribution in [0.2, 0.25) is 0 Å². The van der Waals surface area contributed by atoms with Crippen molar-refractivity contribution >= 4 is 11.8 Å². The van der Waals surface area contributed by atoms with E-state index in [2.05, 4.69) is 10.6 Å². The summed E-state index contributed by atoms with van der Waals surface area (Å²) in [7, 11) is 0. The zero-order valence-corrected chi connectivity index (χ0v) is 10.8. The Morgan fingerprint density at radius 1 is 0.875 bits per heavy atom. The summed E-state index contributed by atoms with van der Waals surface area (Å²) in [5.41, 5.74) is 0. The predicted octanol–water partition coefficient (Wildman–Crippen LogP) is 1.60. The molecule has 94 valence electrons. The van der Waals surface area contributed by atoms with E-state index in [9.17, 15) is 9.59 Å². The molecule has 0 aromatic rings. The van der Waals surface area contributed by atoms with E-state index in [1.807, 2.05) is 27.7 Å². The number of carbonyl (C=O) groups excluding carboxylic acids is 2. The van der Waals surface area contributed by atoms with Crippen LogP contribution in [0.15, 0.2) is 0 Å². The van der Waals surface area contributed by atoms with Crippen molar-refractivity contribution in [1.82, 2.24) is 10.6 Å². The van der Waals surface area contributed by atoms with Crippen LogP contribution in [0, 0.1) is 0 Å². The fourth-order valence-electron chi connectivity index (χ4n) is 1.36. The monoisotopic (exact) mass is 228 g/mol. The fourth-order valence-corrected chi connectivity index (χ4v) is 1.36. The zero-order chi connectivity index (χ0) is 12.6. The van der Waals surface area contributed by atoms with Crippen molar-refractivity contribution < 1.29 is 9.59 Å². The normalized spacial score (nSPS) is 14.0. The number of amides is 2. The minimum Gasteiger partial charge on any atom is -0.352 e. The highest BCUT2D eigenvalue weighted by Gasteiger charge is 2.15. The minimum absolute atomic E-state index is 0.0279. The van der Waals surface area contributed by atoms with Crippen molar-refractivity contribution in [1.29, 1.82) is 0 Å². The van der Waals surface area contributed by atoms with Gasteiger partial charge in [0.2, 0.25) is 11.8 Å². The van der Waals surface area contributed by atoms with Crippen LogP contribution in [-0.4, -0.2) is 23.9 Å². The maximum Gasteiger partial charge on any atom is 0.220 e. The summed E-state index contributed by atoms with van der Waals surface area (Å²) in [5, 5.41) is 5.75. The first-order chi connectivity index (χ1) is 7.51. The molecule has 4 heteroatoms. The van der Waals surface area contributed by atoms with Gasteiger partial charge in [0.15, 0.2) is 0 Å². The van der Waals surface area contributed by atoms with Gasteiger partial charge in [-0.1, -0.05) is 13.8 Å². The lowest BCUT2D eigenvalue weighted by Gasteiger charge is -2.22. The molecule has 4 nitrogen and oxygen atoms in total. The molecule has 2 N–H and O–H groups in total. The summed E-state index contributed by atoms with van der Waals surface area (Å²) in [6.07, 6.45) is 2.77. The number of hydrogen-bond donors (Lipinski definition) is 2. The van der Waals surface area contributed by atoms with Gasteiger partial charge in [-0.15, -0.1) is 0 Å². The van der Waals surface area contributed by atoms with Crippen molar-refractivity contribution in [2.24, 2.45) is 0 Å². The number of nitrogens with one attached hydrogen (secondary N) is 2. The summed E-state index contributed by atoms with van der Waals surface area (Å²) < 4.78 is 0. The van der Waals surface area contributed by atoms with Gasteiger partial charge in [0.05, 0.1) is 0 Å². The lowest BCUT2D eigenvalue weighted by molar-refractivity contribution is -0.124. The van der Waals surface area contributed by atoms with Gasteiger partial charge in [-0.25, -0.2) is 0 Å². The second-order valence-electron chi connectivity index (χ2n) is 4.21. The highest BCUT2D eigenvalue weighted by atomic mass is 16.2. The first-order valence-corrected chi connectivity index (χ1v) is 6.09. The molecule has 0 unspecified atom stereocenters. The summed E-state index contributed by atoms with van der Waals surface area (Å²) >= 11 is 0. The molecule has 0 radical (unpaired) electrons. The third-order valence-electron chi connectivity index (χ3n) is 2.48. The summed E-state index contributed by atoms with van der Waals surface area (Å²) in [6.45, 7) is 7.75. The fraction of sp³-hybridized carbons (Fsp3) is 0.833. The Morgan fingerprint density at radius 3 is 1.44 bits per heavy atom. The quantitative estimate of drug-likeness (QED) is 0.695. The maximum absolute atomic E-state index is 11.3. The molecule has 0 bridgehead atoms. The van der Waals surface area contributed by atoms with Crippen LogP contribution in [-0.2, 0) is 9.59 Å². The molecule has 0 saturated carbocycles. The molecular formula is C12H24N2O2. The van der Waals surface area contributed by atoms with E-state index in [1.165, 1.54) is 0 Å². The van der Waals surface area contributed by atoms with Gasteiger partial charge in [-0.05, 0) is 26.7 Å². The number of carbonyl (C=O) groups is 2. The van der Waals surface area contributed by atoms with E-state index in [0.717, 1.165) is 12.8 Å². The van der Waals surface area contributed by atoms with Crippen LogP contribution >= 0.6 is 0 Å². The minimum atomic E-state index is -0.0279. The van der Waals surface area contributed by atoms with Gasteiger partial charge >= 0.3 is 0 Å². The van der Waals surface area contributed by atoms with Crippen molar-refractivity contribution in [2.75, 3.05) is 0 Å². The summed E-state index contributed by atoms with van der Waals surface area (Å²) in [4.78, 5) is 22.7. The van der Waals surface area contributed by atoms with Crippen molar-refractivity contribution in [3.63, 3.8) is 0 Å². The van der Waals surface area contributed by atoms with Crippen LogP contribution in [0.25, 0.3) is 0 Å². The number of rotatable bonds is 7. The van der Waals surface area contributed by atoms with E-state index >= 15 is 0 Å². The molecule has 0 heterocycles. The van der Waals surface area contributed by atoms with E-state index in [-0.39, 0.29) is 23.9 Å². The first-order valence-electron chi connectivity index (χ1n) is 6.09. The molecule has 0 aliphatic heterocycles. The molecule has 16 heavy (non-hydrogen) atoms. The van der Waals surface area contributed by atoms with Crippen molar-refractivity contribution in [3.05, 3.63) is 0 Å².